The van der Waals surface area contributed by atoms with E-state index in [4.69, 9.17) is 9.47 Å². The molecule has 0 aliphatic carbocycles. The third-order valence-electron chi connectivity index (χ3n) is 4.53. The van der Waals surface area contributed by atoms with Gasteiger partial charge in [0, 0.05) is 16.5 Å². The standard InChI is InChI=1S/C21H25N3O3S/c1-5-7-15-12-18(28-14(15)2)21(25)23-19-10-11-22-24(19)13-16-8-6-9-17(26-3)20(16)27-4/h6,8-12H,5,7,13H2,1-4H3,(H,23,25). The maximum absolute atomic E-state index is 12.7. The van der Waals surface area contributed by atoms with Crippen molar-refractivity contribution in [3.8, 4) is 11.5 Å². The van der Waals surface area contributed by atoms with Gasteiger partial charge in [-0.15, -0.1) is 11.3 Å². The van der Waals surface area contributed by atoms with Crippen LogP contribution in [0.1, 0.15) is 39.0 Å². The fraction of sp³-hybridized carbons (Fsp3) is 0.333. The van der Waals surface area contributed by atoms with Gasteiger partial charge in [-0.05, 0) is 31.0 Å². The molecule has 0 unspecified atom stereocenters. The molecule has 0 aliphatic rings. The number of rotatable bonds is 8. The van der Waals surface area contributed by atoms with Crippen LogP contribution in [0.2, 0.25) is 0 Å². The van der Waals surface area contributed by atoms with Gasteiger partial charge in [0.05, 0.1) is 31.8 Å². The lowest BCUT2D eigenvalue weighted by atomic mass is 10.1. The molecule has 1 N–H and O–H groups in total. The number of hydrogen-bond donors (Lipinski definition) is 1. The summed E-state index contributed by atoms with van der Waals surface area (Å²) in [6.45, 7) is 4.65. The topological polar surface area (TPSA) is 65.4 Å². The molecular weight excluding hydrogens is 374 g/mol. The highest BCUT2D eigenvalue weighted by molar-refractivity contribution is 7.14. The Kier molecular flexibility index (Phi) is 6.36. The molecule has 0 atom stereocenters. The van der Waals surface area contributed by atoms with Crippen molar-refractivity contribution < 1.29 is 14.3 Å². The first kappa shape index (κ1) is 19.9. The number of carbonyl (C=O) groups is 1. The number of nitrogens with one attached hydrogen (secondary N) is 1. The summed E-state index contributed by atoms with van der Waals surface area (Å²) in [6, 6.07) is 9.49. The zero-order valence-electron chi connectivity index (χ0n) is 16.6. The molecule has 28 heavy (non-hydrogen) atoms. The van der Waals surface area contributed by atoms with Gasteiger partial charge < -0.3 is 14.8 Å². The van der Waals surface area contributed by atoms with Gasteiger partial charge in [-0.1, -0.05) is 25.5 Å². The molecule has 0 spiro atoms. The molecule has 0 saturated heterocycles. The molecule has 0 aliphatic heterocycles. The van der Waals surface area contributed by atoms with Crippen LogP contribution in [0.5, 0.6) is 11.5 Å². The van der Waals surface area contributed by atoms with Gasteiger partial charge >= 0.3 is 0 Å². The Balaban J connectivity index is 1.79. The quantitative estimate of drug-likeness (QED) is 0.605. The smallest absolute Gasteiger partial charge is 0.266 e. The van der Waals surface area contributed by atoms with Crippen molar-refractivity contribution in [1.29, 1.82) is 0 Å². The molecule has 3 rings (SSSR count). The van der Waals surface area contributed by atoms with E-state index in [1.807, 2.05) is 24.3 Å². The minimum absolute atomic E-state index is 0.116. The molecule has 0 radical (unpaired) electrons. The van der Waals surface area contributed by atoms with Gasteiger partial charge in [0.2, 0.25) is 0 Å². The highest BCUT2D eigenvalue weighted by Gasteiger charge is 2.16. The zero-order chi connectivity index (χ0) is 20.1. The fourth-order valence-corrected chi connectivity index (χ4v) is 4.10. The van der Waals surface area contributed by atoms with Crippen molar-refractivity contribution in [1.82, 2.24) is 9.78 Å². The van der Waals surface area contributed by atoms with Crippen LogP contribution in [-0.2, 0) is 13.0 Å². The second-order valence-electron chi connectivity index (χ2n) is 6.42. The van der Waals surface area contributed by atoms with Crippen LogP contribution in [0.15, 0.2) is 36.5 Å². The molecule has 3 aromatic rings. The van der Waals surface area contributed by atoms with Crippen molar-refractivity contribution in [3.05, 3.63) is 57.4 Å². The van der Waals surface area contributed by atoms with Crippen LogP contribution >= 0.6 is 11.3 Å². The zero-order valence-corrected chi connectivity index (χ0v) is 17.4. The van der Waals surface area contributed by atoms with Crippen molar-refractivity contribution in [2.75, 3.05) is 19.5 Å². The normalized spacial score (nSPS) is 10.7. The summed E-state index contributed by atoms with van der Waals surface area (Å²) in [7, 11) is 3.22. The van der Waals surface area contributed by atoms with Crippen LogP contribution in [0.4, 0.5) is 5.82 Å². The maximum Gasteiger partial charge on any atom is 0.266 e. The van der Waals surface area contributed by atoms with Crippen LogP contribution in [0.3, 0.4) is 0 Å². The van der Waals surface area contributed by atoms with E-state index in [1.54, 1.807) is 31.2 Å². The Morgan fingerprint density at radius 2 is 2.04 bits per heavy atom. The number of aromatic nitrogens is 2. The van der Waals surface area contributed by atoms with Crippen LogP contribution < -0.4 is 14.8 Å². The Morgan fingerprint density at radius 3 is 2.75 bits per heavy atom. The molecule has 0 saturated carbocycles. The summed E-state index contributed by atoms with van der Waals surface area (Å²) < 4.78 is 12.6. The highest BCUT2D eigenvalue weighted by atomic mass is 32.1. The molecule has 6 nitrogen and oxygen atoms in total. The van der Waals surface area contributed by atoms with Crippen molar-refractivity contribution in [2.24, 2.45) is 0 Å². The number of anilines is 1. The summed E-state index contributed by atoms with van der Waals surface area (Å²) in [5.74, 6) is 1.85. The van der Waals surface area contributed by atoms with E-state index in [2.05, 4.69) is 24.3 Å². The van der Waals surface area contributed by atoms with Gasteiger partial charge in [-0.3, -0.25) is 4.79 Å². The van der Waals surface area contributed by atoms with Crippen molar-refractivity contribution >= 4 is 23.1 Å². The third-order valence-corrected chi connectivity index (χ3v) is 5.62. The second-order valence-corrected chi connectivity index (χ2v) is 7.68. The average Bonchev–Trinajstić information content (AvgIpc) is 3.28. The Hall–Kier alpha value is -2.80. The third kappa shape index (κ3) is 4.20. The van der Waals surface area contributed by atoms with E-state index in [9.17, 15) is 4.79 Å². The molecule has 1 amide bonds. The molecule has 0 bridgehead atoms. The van der Waals surface area contributed by atoms with Gasteiger partial charge in [-0.2, -0.15) is 5.10 Å². The summed E-state index contributed by atoms with van der Waals surface area (Å²) in [5, 5.41) is 7.33. The Labute approximate surface area is 169 Å². The number of ether oxygens (including phenoxy) is 2. The summed E-state index contributed by atoms with van der Waals surface area (Å²) in [6.07, 6.45) is 3.72. The number of aryl methyl sites for hydroxylation is 2. The van der Waals surface area contributed by atoms with Gasteiger partial charge in [0.1, 0.15) is 5.82 Å². The highest BCUT2D eigenvalue weighted by Crippen LogP contribution is 2.31. The molecule has 2 heterocycles. The van der Waals surface area contributed by atoms with Gasteiger partial charge in [-0.25, -0.2) is 4.68 Å². The number of hydrogen-bond acceptors (Lipinski definition) is 5. The number of amides is 1. The lowest BCUT2D eigenvalue weighted by Crippen LogP contribution is -2.15. The largest absolute Gasteiger partial charge is 0.493 e. The maximum atomic E-state index is 12.7. The molecule has 2 aromatic heterocycles. The fourth-order valence-electron chi connectivity index (χ4n) is 3.13. The van der Waals surface area contributed by atoms with E-state index >= 15 is 0 Å². The van der Waals surface area contributed by atoms with Gasteiger partial charge in [0.25, 0.3) is 5.91 Å². The Bertz CT molecular complexity index is 962. The number of benzene rings is 1. The number of thiophene rings is 1. The first-order valence-electron chi connectivity index (χ1n) is 9.19. The van der Waals surface area contributed by atoms with Crippen molar-refractivity contribution in [2.45, 2.75) is 33.2 Å². The first-order valence-corrected chi connectivity index (χ1v) is 10.0. The van der Waals surface area contributed by atoms with E-state index in [-0.39, 0.29) is 5.91 Å². The molecule has 1 aromatic carbocycles. The first-order chi connectivity index (χ1) is 13.6. The van der Waals surface area contributed by atoms with Crippen LogP contribution in [0, 0.1) is 6.92 Å². The van der Waals surface area contributed by atoms with E-state index < -0.39 is 0 Å². The predicted octanol–water partition coefficient (Wildman–Crippen LogP) is 4.52. The number of nitrogens with zero attached hydrogens (tertiary/aromatic N) is 2. The Morgan fingerprint density at radius 1 is 1.21 bits per heavy atom. The van der Waals surface area contributed by atoms with E-state index in [1.165, 1.54) is 21.8 Å². The minimum Gasteiger partial charge on any atom is -0.493 e. The molecule has 148 valence electrons. The number of carbonyl (C=O) groups excluding carboxylic acids is 1. The SMILES string of the molecule is CCCc1cc(C(=O)Nc2ccnn2Cc2cccc(OC)c2OC)sc1C. The van der Waals surface area contributed by atoms with Crippen LogP contribution in [0.25, 0.3) is 0 Å². The number of para-hydroxylation sites is 1. The molecular formula is C21H25N3O3S. The lowest BCUT2D eigenvalue weighted by Gasteiger charge is -2.14. The molecule has 0 fully saturated rings. The minimum atomic E-state index is -0.116. The van der Waals surface area contributed by atoms with Crippen molar-refractivity contribution in [3.63, 3.8) is 0 Å². The van der Waals surface area contributed by atoms with E-state index in [0.717, 1.165) is 18.4 Å². The summed E-state index contributed by atoms with van der Waals surface area (Å²) in [4.78, 5) is 14.6. The van der Waals surface area contributed by atoms with Crippen LogP contribution in [-0.4, -0.2) is 29.9 Å². The summed E-state index contributed by atoms with van der Waals surface area (Å²) in [5.41, 5.74) is 2.16. The molecule has 7 heteroatoms. The van der Waals surface area contributed by atoms with E-state index in [0.29, 0.717) is 28.7 Å². The second kappa shape index (κ2) is 8.93. The monoisotopic (exact) mass is 399 g/mol. The van der Waals surface area contributed by atoms with Gasteiger partial charge in [0.15, 0.2) is 11.5 Å². The number of methoxy groups -OCH3 is 2. The lowest BCUT2D eigenvalue weighted by molar-refractivity contribution is 0.102. The summed E-state index contributed by atoms with van der Waals surface area (Å²) >= 11 is 1.53. The average molecular weight is 400 g/mol. The predicted molar refractivity (Wildman–Crippen MR) is 112 cm³/mol.